The summed E-state index contributed by atoms with van der Waals surface area (Å²) >= 11 is 0. The molecule has 2 bridgehead atoms. The predicted molar refractivity (Wildman–Crippen MR) is 67.9 cm³/mol. The van der Waals surface area contributed by atoms with Crippen LogP contribution in [-0.4, -0.2) is 24.2 Å². The van der Waals surface area contributed by atoms with Crippen LogP contribution in [0.4, 0.5) is 0 Å². The number of pyridine rings is 1. The highest BCUT2D eigenvalue weighted by molar-refractivity contribution is 5.65. The van der Waals surface area contributed by atoms with Gasteiger partial charge in [0.15, 0.2) is 0 Å². The molecule has 0 amide bonds. The quantitative estimate of drug-likeness (QED) is 0.847. The lowest BCUT2D eigenvalue weighted by Crippen LogP contribution is -2.52. The van der Waals surface area contributed by atoms with Crippen molar-refractivity contribution in [2.75, 3.05) is 7.11 Å². The van der Waals surface area contributed by atoms with Gasteiger partial charge in [-0.25, -0.2) is 4.98 Å². The van der Waals surface area contributed by atoms with Crippen molar-refractivity contribution in [3.8, 4) is 5.88 Å². The minimum Gasteiger partial charge on any atom is -0.481 e. The first-order chi connectivity index (χ1) is 8.35. The Labute approximate surface area is 102 Å². The molecule has 2 aliphatic heterocycles. The second-order valence-electron chi connectivity index (χ2n) is 4.89. The highest BCUT2D eigenvalue weighted by Crippen LogP contribution is 2.30. The van der Waals surface area contributed by atoms with Gasteiger partial charge in [-0.3, -0.25) is 0 Å². The fourth-order valence-electron chi connectivity index (χ4n) is 2.69. The van der Waals surface area contributed by atoms with Crippen molar-refractivity contribution in [1.29, 1.82) is 0 Å². The van der Waals surface area contributed by atoms with Crippen LogP contribution in [0.15, 0.2) is 24.4 Å². The zero-order valence-electron chi connectivity index (χ0n) is 10.1. The molecule has 0 saturated carbocycles. The van der Waals surface area contributed by atoms with E-state index in [0.29, 0.717) is 11.9 Å². The zero-order valence-corrected chi connectivity index (χ0v) is 10.1. The molecular weight excluding hydrogens is 212 g/mol. The molecule has 1 N–H and O–H groups in total. The van der Waals surface area contributed by atoms with Crippen molar-refractivity contribution >= 4 is 5.57 Å². The number of fused-ring (bicyclic) bond motifs is 3. The van der Waals surface area contributed by atoms with Gasteiger partial charge in [0.25, 0.3) is 0 Å². The molecule has 4 rings (SSSR count). The molecule has 0 spiro atoms. The minimum absolute atomic E-state index is 0.685. The Morgan fingerprint density at radius 3 is 2.94 bits per heavy atom. The Hall–Kier alpha value is -1.35. The summed E-state index contributed by atoms with van der Waals surface area (Å²) < 4.78 is 5.08. The number of allylic oxidation sites excluding steroid dienone is 1. The molecule has 0 radical (unpaired) electrons. The van der Waals surface area contributed by atoms with Crippen molar-refractivity contribution < 1.29 is 4.74 Å². The summed E-state index contributed by atoms with van der Waals surface area (Å²) in [6, 6.07) is 5.50. The van der Waals surface area contributed by atoms with E-state index in [0.717, 1.165) is 18.9 Å². The normalized spacial score (nSPS) is 30.5. The second-order valence-corrected chi connectivity index (χ2v) is 4.89. The molecule has 3 nitrogen and oxygen atoms in total. The van der Waals surface area contributed by atoms with Crippen LogP contribution in [0.5, 0.6) is 5.88 Å². The summed E-state index contributed by atoms with van der Waals surface area (Å²) in [6.07, 6.45) is 9.19. The first-order valence-electron chi connectivity index (χ1n) is 6.30. The molecule has 17 heavy (non-hydrogen) atoms. The van der Waals surface area contributed by atoms with E-state index >= 15 is 0 Å². The van der Waals surface area contributed by atoms with Crippen LogP contribution >= 0.6 is 0 Å². The monoisotopic (exact) mass is 230 g/mol. The van der Waals surface area contributed by atoms with Crippen molar-refractivity contribution in [3.05, 3.63) is 30.0 Å². The molecule has 1 fully saturated rings. The van der Waals surface area contributed by atoms with Crippen LogP contribution in [-0.2, 0) is 0 Å². The first kappa shape index (κ1) is 10.8. The molecule has 2 atom stereocenters. The standard InChI is InChI=1S/C14H18N2O/c1-17-14-7-4-11(9-15-14)10-2-5-12-8-13(16-12)6-3-10/h2,4,7,9,12-13,16H,3,5-6,8H2,1H3/b10-2+. The van der Waals surface area contributed by atoms with Gasteiger partial charge in [-0.2, -0.15) is 0 Å². The first-order valence-corrected chi connectivity index (χ1v) is 6.30. The Kier molecular flexibility index (Phi) is 2.85. The van der Waals surface area contributed by atoms with Gasteiger partial charge < -0.3 is 10.1 Å². The second kappa shape index (κ2) is 4.49. The summed E-state index contributed by atoms with van der Waals surface area (Å²) in [6.45, 7) is 0. The van der Waals surface area contributed by atoms with Gasteiger partial charge in [-0.05, 0) is 42.9 Å². The third-order valence-electron chi connectivity index (χ3n) is 3.77. The van der Waals surface area contributed by atoms with Gasteiger partial charge in [0.2, 0.25) is 5.88 Å². The highest BCUT2D eigenvalue weighted by Gasteiger charge is 2.28. The molecular formula is C14H18N2O. The Bertz CT molecular complexity index is 418. The van der Waals surface area contributed by atoms with Gasteiger partial charge in [-0.15, -0.1) is 0 Å². The van der Waals surface area contributed by atoms with Crippen molar-refractivity contribution in [2.24, 2.45) is 0 Å². The molecule has 1 aromatic heterocycles. The van der Waals surface area contributed by atoms with E-state index in [4.69, 9.17) is 4.74 Å². The van der Waals surface area contributed by atoms with Crippen LogP contribution in [0.25, 0.3) is 5.57 Å². The summed E-state index contributed by atoms with van der Waals surface area (Å²) in [4.78, 5) is 4.28. The fraction of sp³-hybridized carbons (Fsp3) is 0.500. The third-order valence-corrected chi connectivity index (χ3v) is 3.77. The van der Waals surface area contributed by atoms with E-state index in [1.54, 1.807) is 7.11 Å². The van der Waals surface area contributed by atoms with Gasteiger partial charge >= 0.3 is 0 Å². The van der Waals surface area contributed by atoms with Gasteiger partial charge in [0.05, 0.1) is 7.11 Å². The van der Waals surface area contributed by atoms with Crippen LogP contribution < -0.4 is 10.1 Å². The summed E-state index contributed by atoms with van der Waals surface area (Å²) in [5.41, 5.74) is 2.68. The molecule has 90 valence electrons. The van der Waals surface area contributed by atoms with Crippen LogP contribution in [0.2, 0.25) is 0 Å². The number of ether oxygens (including phenoxy) is 1. The zero-order chi connectivity index (χ0) is 11.7. The Balaban J connectivity index is 1.79. The van der Waals surface area contributed by atoms with Gasteiger partial charge in [0.1, 0.15) is 0 Å². The van der Waals surface area contributed by atoms with Crippen molar-refractivity contribution in [2.45, 2.75) is 37.8 Å². The highest BCUT2D eigenvalue weighted by atomic mass is 16.5. The Morgan fingerprint density at radius 2 is 2.24 bits per heavy atom. The van der Waals surface area contributed by atoms with Crippen molar-refractivity contribution in [1.82, 2.24) is 10.3 Å². The number of rotatable bonds is 2. The van der Waals surface area contributed by atoms with Crippen LogP contribution in [0.1, 0.15) is 31.2 Å². The predicted octanol–water partition coefficient (Wildman–Crippen LogP) is 2.39. The lowest BCUT2D eigenvalue weighted by Gasteiger charge is -2.39. The van der Waals surface area contributed by atoms with E-state index in [1.807, 2.05) is 12.3 Å². The SMILES string of the molecule is COc1ccc(/C2=C/CC3CC(CC2)N3)cn1. The maximum absolute atomic E-state index is 5.08. The molecule has 3 aliphatic rings. The van der Waals surface area contributed by atoms with Gasteiger partial charge in [0, 0.05) is 24.3 Å². The van der Waals surface area contributed by atoms with E-state index in [1.165, 1.54) is 24.0 Å². The molecule has 1 aromatic rings. The largest absolute Gasteiger partial charge is 0.481 e. The number of nitrogens with one attached hydrogen (secondary N) is 1. The van der Waals surface area contributed by atoms with E-state index in [2.05, 4.69) is 22.4 Å². The van der Waals surface area contributed by atoms with E-state index in [9.17, 15) is 0 Å². The maximum Gasteiger partial charge on any atom is 0.212 e. The van der Waals surface area contributed by atoms with Gasteiger partial charge in [-0.1, -0.05) is 6.08 Å². The number of methoxy groups -OCH3 is 1. The lowest BCUT2D eigenvalue weighted by atomic mass is 9.84. The molecule has 3 heterocycles. The number of aromatic nitrogens is 1. The van der Waals surface area contributed by atoms with Crippen LogP contribution in [0, 0.1) is 0 Å². The molecule has 0 aromatic carbocycles. The molecule has 2 unspecified atom stereocenters. The number of hydrogen-bond donors (Lipinski definition) is 1. The van der Waals surface area contributed by atoms with Crippen LogP contribution in [0.3, 0.4) is 0 Å². The summed E-state index contributed by atoms with van der Waals surface area (Å²) in [5, 5.41) is 3.59. The molecule has 1 saturated heterocycles. The van der Waals surface area contributed by atoms with E-state index in [-0.39, 0.29) is 0 Å². The van der Waals surface area contributed by atoms with E-state index < -0.39 is 0 Å². The topological polar surface area (TPSA) is 34.1 Å². The average Bonchev–Trinajstić information content (AvgIpc) is 2.27. The average molecular weight is 230 g/mol. The third kappa shape index (κ3) is 2.20. The summed E-state index contributed by atoms with van der Waals surface area (Å²) in [5.74, 6) is 0.685. The molecule has 1 aliphatic carbocycles. The minimum atomic E-state index is 0.685. The summed E-state index contributed by atoms with van der Waals surface area (Å²) in [7, 11) is 1.65. The van der Waals surface area contributed by atoms with Crippen molar-refractivity contribution in [3.63, 3.8) is 0 Å². The number of hydrogen-bond acceptors (Lipinski definition) is 3. The smallest absolute Gasteiger partial charge is 0.212 e. The molecule has 3 heteroatoms. The number of nitrogens with zero attached hydrogens (tertiary/aromatic N) is 1. The fourth-order valence-corrected chi connectivity index (χ4v) is 2.69. The maximum atomic E-state index is 5.08. The Morgan fingerprint density at radius 1 is 1.35 bits per heavy atom. The lowest BCUT2D eigenvalue weighted by molar-refractivity contribution is 0.251.